The van der Waals surface area contributed by atoms with Gasteiger partial charge in [-0.2, -0.15) is 0 Å². The van der Waals surface area contributed by atoms with E-state index in [2.05, 4.69) is 4.98 Å². The highest BCUT2D eigenvalue weighted by Gasteiger charge is 2.14. The first-order valence-electron chi connectivity index (χ1n) is 4.72. The van der Waals surface area contributed by atoms with Gasteiger partial charge in [-0.05, 0) is 18.2 Å². The van der Waals surface area contributed by atoms with Gasteiger partial charge in [0.25, 0.3) is 5.91 Å². The van der Waals surface area contributed by atoms with Crippen LogP contribution in [0.2, 0.25) is 0 Å². The van der Waals surface area contributed by atoms with Crippen LogP contribution in [0.4, 0.5) is 14.6 Å². The van der Waals surface area contributed by atoms with Gasteiger partial charge in [-0.15, -0.1) is 0 Å². The Labute approximate surface area is 95.2 Å². The lowest BCUT2D eigenvalue weighted by atomic mass is 10.1. The summed E-state index contributed by atoms with van der Waals surface area (Å²) in [4.78, 5) is 13.6. The molecule has 0 fully saturated rings. The maximum Gasteiger partial charge on any atom is 0.252 e. The molecule has 1 aromatic carbocycles. The van der Waals surface area contributed by atoms with Crippen molar-refractivity contribution in [2.75, 3.05) is 5.73 Å². The lowest BCUT2D eigenvalue weighted by molar-refractivity contribution is 0.100. The number of carbonyl (C=O) groups excluding carboxylic acids is 1. The van der Waals surface area contributed by atoms with Gasteiger partial charge in [-0.25, -0.2) is 8.78 Å². The summed E-state index contributed by atoms with van der Waals surface area (Å²) in [5.74, 6) is -2.09. The smallest absolute Gasteiger partial charge is 0.252 e. The summed E-state index contributed by atoms with van der Waals surface area (Å²) in [6.45, 7) is 0. The zero-order chi connectivity index (χ0) is 12.6. The Balaban J connectivity index is 2.53. The summed E-state index contributed by atoms with van der Waals surface area (Å²) in [5.41, 5.74) is 11.0. The average molecular weight is 237 g/mol. The Hall–Kier alpha value is -2.37. The first-order chi connectivity index (χ1) is 7.99. The molecule has 1 aromatic heterocycles. The van der Waals surface area contributed by atoms with Gasteiger partial charge in [-0.3, -0.25) is 4.79 Å². The third-order valence-corrected chi connectivity index (χ3v) is 2.33. The SMILES string of the molecule is NC(=O)c1cc(-c2ccc(F)cc2F)[nH]c1N. The van der Waals surface area contributed by atoms with Crippen LogP contribution in [0.3, 0.4) is 0 Å². The highest BCUT2D eigenvalue weighted by molar-refractivity contribution is 5.99. The van der Waals surface area contributed by atoms with Crippen LogP contribution in [-0.4, -0.2) is 10.9 Å². The third-order valence-electron chi connectivity index (χ3n) is 2.33. The quantitative estimate of drug-likeness (QED) is 0.741. The topological polar surface area (TPSA) is 84.9 Å². The molecule has 0 aliphatic rings. The zero-order valence-electron chi connectivity index (χ0n) is 8.63. The van der Waals surface area contributed by atoms with E-state index in [1.54, 1.807) is 0 Å². The molecule has 17 heavy (non-hydrogen) atoms. The highest BCUT2D eigenvalue weighted by atomic mass is 19.1. The Morgan fingerprint density at radius 1 is 1.24 bits per heavy atom. The Morgan fingerprint density at radius 2 is 1.94 bits per heavy atom. The second-order valence-electron chi connectivity index (χ2n) is 3.50. The van der Waals surface area contributed by atoms with Gasteiger partial charge in [0.05, 0.1) is 11.3 Å². The van der Waals surface area contributed by atoms with Crippen LogP contribution in [0, 0.1) is 11.6 Å². The number of hydrogen-bond acceptors (Lipinski definition) is 2. The number of benzene rings is 1. The molecule has 0 spiro atoms. The van der Waals surface area contributed by atoms with E-state index in [9.17, 15) is 13.6 Å². The van der Waals surface area contributed by atoms with E-state index in [0.29, 0.717) is 0 Å². The number of H-pyrrole nitrogens is 1. The summed E-state index contributed by atoms with van der Waals surface area (Å²) in [6, 6.07) is 4.43. The number of nitrogens with one attached hydrogen (secondary N) is 1. The van der Waals surface area contributed by atoms with Gasteiger partial charge >= 0.3 is 0 Å². The van der Waals surface area contributed by atoms with Crippen molar-refractivity contribution >= 4 is 11.7 Å². The zero-order valence-corrected chi connectivity index (χ0v) is 8.63. The molecule has 0 radical (unpaired) electrons. The van der Waals surface area contributed by atoms with Crippen molar-refractivity contribution in [2.24, 2.45) is 5.73 Å². The van der Waals surface area contributed by atoms with Gasteiger partial charge in [0.15, 0.2) is 0 Å². The number of anilines is 1. The molecule has 0 bridgehead atoms. The second kappa shape index (κ2) is 3.89. The molecular weight excluding hydrogens is 228 g/mol. The summed E-state index contributed by atoms with van der Waals surface area (Å²) in [7, 11) is 0. The molecule has 0 aliphatic carbocycles. The fourth-order valence-corrected chi connectivity index (χ4v) is 1.53. The molecule has 5 N–H and O–H groups in total. The number of aromatic amines is 1. The summed E-state index contributed by atoms with van der Waals surface area (Å²) >= 11 is 0. The van der Waals surface area contributed by atoms with Crippen molar-refractivity contribution in [2.45, 2.75) is 0 Å². The van der Waals surface area contributed by atoms with E-state index in [1.807, 2.05) is 0 Å². The fourth-order valence-electron chi connectivity index (χ4n) is 1.53. The van der Waals surface area contributed by atoms with E-state index in [0.717, 1.165) is 12.1 Å². The van der Waals surface area contributed by atoms with E-state index >= 15 is 0 Å². The number of halogens is 2. The molecule has 4 nitrogen and oxygen atoms in total. The minimum absolute atomic E-state index is 0.0521. The van der Waals surface area contributed by atoms with Crippen molar-refractivity contribution in [3.05, 3.63) is 41.5 Å². The summed E-state index contributed by atoms with van der Waals surface area (Å²) < 4.78 is 26.2. The molecule has 0 atom stereocenters. The Kier molecular flexibility index (Phi) is 2.55. The second-order valence-corrected chi connectivity index (χ2v) is 3.50. The number of hydrogen-bond donors (Lipinski definition) is 3. The number of aromatic nitrogens is 1. The van der Waals surface area contributed by atoms with Gasteiger partial charge in [0, 0.05) is 11.6 Å². The van der Waals surface area contributed by atoms with Crippen molar-refractivity contribution in [3.63, 3.8) is 0 Å². The van der Waals surface area contributed by atoms with Gasteiger partial charge in [0.2, 0.25) is 0 Å². The van der Waals surface area contributed by atoms with Crippen LogP contribution in [0.1, 0.15) is 10.4 Å². The van der Waals surface area contributed by atoms with E-state index in [-0.39, 0.29) is 22.6 Å². The number of nitrogens with two attached hydrogens (primary N) is 2. The van der Waals surface area contributed by atoms with Crippen LogP contribution in [0.25, 0.3) is 11.3 Å². The first kappa shape index (κ1) is 11.1. The molecule has 6 heteroatoms. The molecule has 0 unspecified atom stereocenters. The lowest BCUT2D eigenvalue weighted by Gasteiger charge is -1.99. The minimum Gasteiger partial charge on any atom is -0.385 e. The van der Waals surface area contributed by atoms with Gasteiger partial charge in [0.1, 0.15) is 17.5 Å². The molecule has 0 saturated carbocycles. The minimum atomic E-state index is -0.748. The lowest BCUT2D eigenvalue weighted by Crippen LogP contribution is -2.11. The van der Waals surface area contributed by atoms with Crippen LogP contribution < -0.4 is 11.5 Å². The number of carbonyl (C=O) groups is 1. The number of nitrogen functional groups attached to an aromatic ring is 1. The van der Waals surface area contributed by atoms with Crippen molar-refractivity contribution in [3.8, 4) is 11.3 Å². The van der Waals surface area contributed by atoms with Crippen molar-refractivity contribution in [1.29, 1.82) is 0 Å². The number of primary amides is 1. The van der Waals surface area contributed by atoms with Crippen LogP contribution in [0.5, 0.6) is 0 Å². The monoisotopic (exact) mass is 237 g/mol. The van der Waals surface area contributed by atoms with E-state index in [1.165, 1.54) is 12.1 Å². The average Bonchev–Trinajstić information content (AvgIpc) is 2.60. The molecular formula is C11H9F2N3O. The fraction of sp³-hybridized carbons (Fsp3) is 0. The van der Waals surface area contributed by atoms with E-state index in [4.69, 9.17) is 11.5 Å². The molecule has 1 heterocycles. The summed E-state index contributed by atoms with van der Waals surface area (Å²) in [6.07, 6.45) is 0. The maximum atomic E-state index is 13.5. The standard InChI is InChI=1S/C11H9F2N3O/c12-5-1-2-6(8(13)3-5)9-4-7(11(15)17)10(14)16-9/h1-4,16H,14H2,(H2,15,17). The van der Waals surface area contributed by atoms with Crippen LogP contribution >= 0.6 is 0 Å². The third kappa shape index (κ3) is 1.96. The van der Waals surface area contributed by atoms with E-state index < -0.39 is 17.5 Å². The predicted molar refractivity (Wildman–Crippen MR) is 59.1 cm³/mol. The number of rotatable bonds is 2. The van der Waals surface area contributed by atoms with Crippen LogP contribution in [0.15, 0.2) is 24.3 Å². The molecule has 88 valence electrons. The molecule has 0 saturated heterocycles. The summed E-state index contributed by atoms with van der Waals surface area (Å²) in [5, 5.41) is 0. The van der Waals surface area contributed by atoms with Crippen molar-refractivity contribution in [1.82, 2.24) is 4.98 Å². The molecule has 1 amide bonds. The van der Waals surface area contributed by atoms with Gasteiger partial charge in [-0.1, -0.05) is 0 Å². The normalized spacial score (nSPS) is 10.5. The van der Waals surface area contributed by atoms with Crippen LogP contribution in [-0.2, 0) is 0 Å². The maximum absolute atomic E-state index is 13.5. The molecule has 2 rings (SSSR count). The number of amides is 1. The molecule has 2 aromatic rings. The predicted octanol–water partition coefficient (Wildman–Crippen LogP) is 1.64. The highest BCUT2D eigenvalue weighted by Crippen LogP contribution is 2.25. The Bertz CT molecular complexity index is 592. The van der Waals surface area contributed by atoms with Crippen molar-refractivity contribution < 1.29 is 13.6 Å². The Morgan fingerprint density at radius 3 is 2.47 bits per heavy atom. The van der Waals surface area contributed by atoms with Gasteiger partial charge < -0.3 is 16.5 Å². The largest absolute Gasteiger partial charge is 0.385 e. The molecule has 0 aliphatic heterocycles. The first-order valence-corrected chi connectivity index (χ1v) is 4.72.